The Morgan fingerprint density at radius 2 is 2.00 bits per heavy atom. The summed E-state index contributed by atoms with van der Waals surface area (Å²) in [4.78, 5) is 15.3. The van der Waals surface area contributed by atoms with Crippen LogP contribution in [0.3, 0.4) is 0 Å². The fourth-order valence-electron chi connectivity index (χ4n) is 5.57. The minimum Gasteiger partial charge on any atom is -0.501 e. The van der Waals surface area contributed by atoms with Crippen molar-refractivity contribution in [2.75, 3.05) is 40.0 Å². The van der Waals surface area contributed by atoms with Crippen molar-refractivity contribution in [1.82, 2.24) is 4.90 Å². The van der Waals surface area contributed by atoms with Gasteiger partial charge in [0.15, 0.2) is 0 Å². The van der Waals surface area contributed by atoms with E-state index in [-0.39, 0.29) is 23.9 Å². The summed E-state index contributed by atoms with van der Waals surface area (Å²) in [6.07, 6.45) is 13.5. The molecule has 2 aliphatic carbocycles. The van der Waals surface area contributed by atoms with Crippen molar-refractivity contribution < 1.29 is 19.0 Å². The first kappa shape index (κ1) is 26.7. The molecule has 1 heterocycles. The standard InChI is InChI=1S/C29H45NO4/c1-6-7-8-9-23-19-26(32-5)29(25-18-22(4)10-11-24(25)21(2)3)27(20-23)34-28(31)12-13-30-14-16-33-17-15-30/h18-20,24-25,27,29H,2,6-17H2,1,3-5H3. The van der Waals surface area contributed by atoms with Gasteiger partial charge in [0.25, 0.3) is 0 Å². The zero-order valence-electron chi connectivity index (χ0n) is 21.8. The van der Waals surface area contributed by atoms with Gasteiger partial charge in [0.1, 0.15) is 11.9 Å². The lowest BCUT2D eigenvalue weighted by atomic mass is 9.68. The highest BCUT2D eigenvalue weighted by Crippen LogP contribution is 2.44. The Bertz CT molecular complexity index is 790. The highest BCUT2D eigenvalue weighted by Gasteiger charge is 2.41. The van der Waals surface area contributed by atoms with E-state index in [1.54, 1.807) is 7.11 Å². The number of morpholine rings is 1. The number of esters is 1. The van der Waals surface area contributed by atoms with Gasteiger partial charge in [-0.3, -0.25) is 9.69 Å². The second-order valence-corrected chi connectivity index (χ2v) is 10.2. The first-order valence-electron chi connectivity index (χ1n) is 13.2. The molecule has 0 aromatic heterocycles. The predicted octanol–water partition coefficient (Wildman–Crippen LogP) is 5.84. The molecule has 34 heavy (non-hydrogen) atoms. The first-order valence-corrected chi connectivity index (χ1v) is 13.2. The van der Waals surface area contributed by atoms with Gasteiger partial charge < -0.3 is 14.2 Å². The lowest BCUT2D eigenvalue weighted by molar-refractivity contribution is -0.150. The van der Waals surface area contributed by atoms with Crippen LogP contribution in [0.1, 0.15) is 65.7 Å². The summed E-state index contributed by atoms with van der Waals surface area (Å²) >= 11 is 0. The fourth-order valence-corrected chi connectivity index (χ4v) is 5.57. The summed E-state index contributed by atoms with van der Waals surface area (Å²) in [5.74, 6) is 1.34. The Morgan fingerprint density at radius 3 is 2.68 bits per heavy atom. The summed E-state index contributed by atoms with van der Waals surface area (Å²) in [7, 11) is 1.75. The van der Waals surface area contributed by atoms with E-state index >= 15 is 0 Å². The summed E-state index contributed by atoms with van der Waals surface area (Å²) < 4.78 is 17.6. The molecular weight excluding hydrogens is 426 g/mol. The molecule has 190 valence electrons. The van der Waals surface area contributed by atoms with Crippen LogP contribution in [0, 0.1) is 17.8 Å². The summed E-state index contributed by atoms with van der Waals surface area (Å²) in [5.41, 5.74) is 3.81. The van der Waals surface area contributed by atoms with Crippen LogP contribution in [-0.2, 0) is 19.0 Å². The third kappa shape index (κ3) is 7.32. The molecule has 4 atom stereocenters. The van der Waals surface area contributed by atoms with Gasteiger partial charge in [-0.15, -0.1) is 0 Å². The van der Waals surface area contributed by atoms with Crippen molar-refractivity contribution in [3.05, 3.63) is 47.3 Å². The van der Waals surface area contributed by atoms with Crippen molar-refractivity contribution in [3.63, 3.8) is 0 Å². The average molecular weight is 472 g/mol. The van der Waals surface area contributed by atoms with E-state index in [0.717, 1.165) is 64.3 Å². The maximum atomic E-state index is 13.0. The normalized spacial score (nSPS) is 27.9. The van der Waals surface area contributed by atoms with Gasteiger partial charge in [-0.2, -0.15) is 0 Å². The zero-order chi connectivity index (χ0) is 24.5. The molecule has 0 aromatic rings. The maximum absolute atomic E-state index is 13.0. The second-order valence-electron chi connectivity index (χ2n) is 10.2. The predicted molar refractivity (Wildman–Crippen MR) is 137 cm³/mol. The number of ether oxygens (including phenoxy) is 3. The van der Waals surface area contributed by atoms with Gasteiger partial charge in [0.05, 0.1) is 32.7 Å². The second kappa shape index (κ2) is 13.3. The van der Waals surface area contributed by atoms with E-state index in [4.69, 9.17) is 14.2 Å². The van der Waals surface area contributed by atoms with Crippen LogP contribution in [0.15, 0.2) is 47.3 Å². The van der Waals surface area contributed by atoms with Gasteiger partial charge in [-0.1, -0.05) is 43.6 Å². The number of rotatable bonds is 11. The summed E-state index contributed by atoms with van der Waals surface area (Å²) in [5, 5.41) is 0. The SMILES string of the molecule is C=C(C)C1CCC(C)=CC1C1C(OC)=CC(CCCCC)=CC1OC(=O)CCN1CCOCC1. The Labute approximate surface area is 206 Å². The minimum absolute atomic E-state index is 0.0239. The van der Waals surface area contributed by atoms with E-state index in [1.807, 2.05) is 0 Å². The van der Waals surface area contributed by atoms with E-state index in [0.29, 0.717) is 12.3 Å². The first-order chi connectivity index (χ1) is 16.4. The molecule has 5 heteroatoms. The number of nitrogens with zero attached hydrogens (tertiary/aromatic N) is 1. The number of carbonyl (C=O) groups is 1. The Balaban J connectivity index is 1.81. The number of unbranched alkanes of at least 4 members (excludes halogenated alkanes) is 2. The molecule has 1 fully saturated rings. The zero-order valence-corrected chi connectivity index (χ0v) is 21.8. The monoisotopic (exact) mass is 471 g/mol. The van der Waals surface area contributed by atoms with Crippen LogP contribution in [0.2, 0.25) is 0 Å². The molecule has 0 saturated carbocycles. The van der Waals surface area contributed by atoms with E-state index in [1.165, 1.54) is 29.6 Å². The molecule has 0 N–H and O–H groups in total. The molecule has 0 aromatic carbocycles. The molecule has 0 radical (unpaired) electrons. The molecule has 4 unspecified atom stereocenters. The molecule has 0 amide bonds. The van der Waals surface area contributed by atoms with Crippen LogP contribution in [0.5, 0.6) is 0 Å². The molecule has 0 bridgehead atoms. The van der Waals surface area contributed by atoms with Crippen LogP contribution >= 0.6 is 0 Å². The van der Waals surface area contributed by atoms with E-state index in [2.05, 4.69) is 50.5 Å². The maximum Gasteiger partial charge on any atom is 0.307 e. The van der Waals surface area contributed by atoms with Crippen molar-refractivity contribution >= 4 is 5.97 Å². The Hall–Kier alpha value is -1.85. The van der Waals surface area contributed by atoms with Crippen LogP contribution in [-0.4, -0.2) is 56.9 Å². The van der Waals surface area contributed by atoms with Crippen molar-refractivity contribution in [2.45, 2.75) is 71.8 Å². The summed E-state index contributed by atoms with van der Waals surface area (Å²) in [6, 6.07) is 0. The van der Waals surface area contributed by atoms with E-state index in [9.17, 15) is 4.79 Å². The van der Waals surface area contributed by atoms with Gasteiger partial charge in [-0.25, -0.2) is 0 Å². The van der Waals surface area contributed by atoms with Crippen molar-refractivity contribution in [2.24, 2.45) is 17.8 Å². The summed E-state index contributed by atoms with van der Waals surface area (Å²) in [6.45, 7) is 14.8. The van der Waals surface area contributed by atoms with Gasteiger partial charge >= 0.3 is 5.97 Å². The van der Waals surface area contributed by atoms with Crippen LogP contribution < -0.4 is 0 Å². The number of hydrogen-bond acceptors (Lipinski definition) is 5. The lowest BCUT2D eigenvalue weighted by Crippen LogP contribution is -2.40. The average Bonchev–Trinajstić information content (AvgIpc) is 2.83. The Morgan fingerprint density at radius 1 is 1.24 bits per heavy atom. The van der Waals surface area contributed by atoms with E-state index < -0.39 is 0 Å². The number of methoxy groups -OCH3 is 1. The smallest absolute Gasteiger partial charge is 0.307 e. The van der Waals surface area contributed by atoms with Crippen molar-refractivity contribution in [1.29, 1.82) is 0 Å². The third-order valence-corrected chi connectivity index (χ3v) is 7.54. The molecule has 0 spiro atoms. The largest absolute Gasteiger partial charge is 0.501 e. The van der Waals surface area contributed by atoms with Crippen molar-refractivity contribution in [3.8, 4) is 0 Å². The van der Waals surface area contributed by atoms with Gasteiger partial charge in [0, 0.05) is 19.6 Å². The number of allylic oxidation sites excluding steroid dienone is 5. The lowest BCUT2D eigenvalue weighted by Gasteiger charge is -2.40. The molecule has 3 aliphatic rings. The quantitative estimate of drug-likeness (QED) is 0.215. The minimum atomic E-state index is -0.317. The topological polar surface area (TPSA) is 48.0 Å². The van der Waals surface area contributed by atoms with Gasteiger partial charge in [0.2, 0.25) is 0 Å². The van der Waals surface area contributed by atoms with Gasteiger partial charge in [-0.05, 0) is 69.1 Å². The molecule has 1 aliphatic heterocycles. The molecule has 3 rings (SSSR count). The number of carbonyl (C=O) groups excluding carboxylic acids is 1. The van der Waals surface area contributed by atoms with Crippen LogP contribution in [0.25, 0.3) is 0 Å². The highest BCUT2D eigenvalue weighted by molar-refractivity contribution is 5.70. The molecule has 1 saturated heterocycles. The number of hydrogen-bond donors (Lipinski definition) is 0. The van der Waals surface area contributed by atoms with Crippen LogP contribution in [0.4, 0.5) is 0 Å². The molecular formula is C29H45NO4. The fraction of sp³-hybridized carbons (Fsp3) is 0.690. The molecule has 5 nitrogen and oxygen atoms in total. The third-order valence-electron chi connectivity index (χ3n) is 7.54. The highest BCUT2D eigenvalue weighted by atomic mass is 16.5. The Kier molecular flexibility index (Phi) is 10.5.